The molecule has 2 unspecified atom stereocenters. The first kappa shape index (κ1) is 28.3. The van der Waals surface area contributed by atoms with Gasteiger partial charge in [0.1, 0.15) is 5.02 Å². The van der Waals surface area contributed by atoms with Gasteiger partial charge in [-0.15, -0.1) is 0 Å². The second-order valence-electron chi connectivity index (χ2n) is 11.5. The zero-order valence-corrected chi connectivity index (χ0v) is 24.6. The predicted octanol–water partition coefficient (Wildman–Crippen LogP) is 6.18. The number of pyridine rings is 1. The number of nitrogens with one attached hydrogen (secondary N) is 1. The standard InChI is InChI=1S/C32H33ClFN5O3/c1-4-11-35-25(21-6-5-7-26(29(21)34)36-31(41)32(3)9-10-32)8-12-38-19(2)15-24(28(33)30(38)40)22-17-23(22)27-16-20-18-42-14-13-39(20)37-27/h4-8,11-12,15-16,22-23H,9-10,13-14,17-18H2,1-3H3,(H,36,41)/b11-4+,12-8+,35-25-. The van der Waals surface area contributed by atoms with Gasteiger partial charge in [-0.25, -0.2) is 4.39 Å². The van der Waals surface area contributed by atoms with Gasteiger partial charge in [-0.2, -0.15) is 5.10 Å². The van der Waals surface area contributed by atoms with E-state index in [-0.39, 0.29) is 39.6 Å². The van der Waals surface area contributed by atoms with Crippen molar-refractivity contribution >= 4 is 35.1 Å². The van der Waals surface area contributed by atoms with Crippen LogP contribution in [0.2, 0.25) is 5.02 Å². The van der Waals surface area contributed by atoms with Gasteiger partial charge < -0.3 is 10.1 Å². The number of anilines is 1. The van der Waals surface area contributed by atoms with Gasteiger partial charge >= 0.3 is 0 Å². The van der Waals surface area contributed by atoms with Crippen LogP contribution in [0.25, 0.3) is 6.20 Å². The van der Waals surface area contributed by atoms with Gasteiger partial charge in [0.2, 0.25) is 5.91 Å². The molecule has 3 aromatic rings. The summed E-state index contributed by atoms with van der Waals surface area (Å²) >= 11 is 6.66. The molecule has 1 N–H and O–H groups in total. The summed E-state index contributed by atoms with van der Waals surface area (Å²) in [5.41, 5.74) is 3.39. The van der Waals surface area contributed by atoms with Crippen LogP contribution in [0.4, 0.5) is 10.1 Å². The molecule has 1 aliphatic heterocycles. The molecule has 2 aromatic heterocycles. The molecule has 2 fully saturated rings. The fraction of sp³-hybridized carbons (Fsp3) is 0.375. The minimum atomic E-state index is -0.590. The quantitative estimate of drug-likeness (QED) is 0.318. The van der Waals surface area contributed by atoms with E-state index in [4.69, 9.17) is 21.4 Å². The summed E-state index contributed by atoms with van der Waals surface area (Å²) in [6, 6.07) is 8.82. The van der Waals surface area contributed by atoms with Gasteiger partial charge in [0.15, 0.2) is 5.82 Å². The van der Waals surface area contributed by atoms with Crippen molar-refractivity contribution in [3.63, 3.8) is 0 Å². The molecule has 6 rings (SSSR count). The highest BCUT2D eigenvalue weighted by Crippen LogP contribution is 2.55. The van der Waals surface area contributed by atoms with E-state index in [1.807, 2.05) is 24.6 Å². The molecule has 0 bridgehead atoms. The molecule has 0 saturated heterocycles. The molecular weight excluding hydrogens is 557 g/mol. The first-order valence-corrected chi connectivity index (χ1v) is 14.6. The van der Waals surface area contributed by atoms with Gasteiger partial charge in [0.25, 0.3) is 5.56 Å². The summed E-state index contributed by atoms with van der Waals surface area (Å²) in [4.78, 5) is 30.4. The van der Waals surface area contributed by atoms with Crippen molar-refractivity contribution in [2.45, 2.75) is 65.0 Å². The zero-order valence-electron chi connectivity index (χ0n) is 23.9. The van der Waals surface area contributed by atoms with Crippen LogP contribution in [-0.2, 0) is 22.7 Å². The van der Waals surface area contributed by atoms with Crippen LogP contribution in [-0.4, -0.2) is 32.6 Å². The van der Waals surface area contributed by atoms with Crippen molar-refractivity contribution in [2.24, 2.45) is 10.4 Å². The number of aliphatic imine (C=N–C) groups is 1. The SMILES string of the molecule is C/C=C/N=C(/C=C/n1c(C)cc(C2CC2c2cc3n(n2)CCOC3)c(Cl)c1=O)c1cccc(NC(=O)C2(C)CC2)c1F. The average Bonchev–Trinajstić information content (AvgIpc) is 3.90. The molecule has 2 atom stereocenters. The maximum Gasteiger partial charge on any atom is 0.273 e. The molecule has 10 heteroatoms. The van der Waals surface area contributed by atoms with Gasteiger partial charge in [-0.1, -0.05) is 30.7 Å². The number of hydrogen-bond acceptors (Lipinski definition) is 5. The third-order valence-electron chi connectivity index (χ3n) is 8.37. The second-order valence-corrected chi connectivity index (χ2v) is 11.9. The van der Waals surface area contributed by atoms with Crippen LogP contribution < -0.4 is 10.9 Å². The highest BCUT2D eigenvalue weighted by Gasteiger charge is 2.45. The molecule has 0 radical (unpaired) electrons. The van der Waals surface area contributed by atoms with E-state index in [0.717, 1.165) is 42.8 Å². The van der Waals surface area contributed by atoms with Crippen LogP contribution in [0, 0.1) is 18.2 Å². The van der Waals surface area contributed by atoms with E-state index in [9.17, 15) is 9.59 Å². The van der Waals surface area contributed by atoms with E-state index in [1.165, 1.54) is 10.6 Å². The average molecular weight is 590 g/mol. The predicted molar refractivity (Wildman–Crippen MR) is 161 cm³/mol. The Kier molecular flexibility index (Phi) is 7.49. The summed E-state index contributed by atoms with van der Waals surface area (Å²) in [6.07, 6.45) is 8.86. The van der Waals surface area contributed by atoms with Gasteiger partial charge in [-0.05, 0) is 74.9 Å². The van der Waals surface area contributed by atoms with Crippen LogP contribution in [0.1, 0.15) is 73.2 Å². The Morgan fingerprint density at radius 3 is 2.83 bits per heavy atom. The zero-order chi connectivity index (χ0) is 29.6. The van der Waals surface area contributed by atoms with Crippen LogP contribution in [0.3, 0.4) is 0 Å². The van der Waals surface area contributed by atoms with E-state index in [2.05, 4.69) is 16.4 Å². The monoisotopic (exact) mass is 589 g/mol. The topological polar surface area (TPSA) is 90.5 Å². The molecular formula is C32H33ClFN5O3. The number of rotatable bonds is 8. The van der Waals surface area contributed by atoms with E-state index in [1.54, 1.807) is 43.6 Å². The number of ether oxygens (including phenoxy) is 1. The lowest BCUT2D eigenvalue weighted by Gasteiger charge is -2.13. The molecule has 1 amide bonds. The maximum atomic E-state index is 15.6. The summed E-state index contributed by atoms with van der Waals surface area (Å²) in [7, 11) is 0. The maximum absolute atomic E-state index is 15.6. The van der Waals surface area contributed by atoms with Crippen molar-refractivity contribution in [3.05, 3.63) is 98.1 Å². The highest BCUT2D eigenvalue weighted by molar-refractivity contribution is 6.31. The lowest BCUT2D eigenvalue weighted by atomic mass is 10.1. The van der Waals surface area contributed by atoms with Gasteiger partial charge in [0.05, 0.1) is 42.5 Å². The Hall–Kier alpha value is -3.82. The van der Waals surface area contributed by atoms with E-state index >= 15 is 4.39 Å². The number of halogens is 2. The Morgan fingerprint density at radius 2 is 2.10 bits per heavy atom. The molecule has 3 heterocycles. The van der Waals surface area contributed by atoms with Gasteiger partial charge in [-0.3, -0.25) is 23.8 Å². The number of nitrogens with zero attached hydrogens (tertiary/aromatic N) is 4. The van der Waals surface area contributed by atoms with Crippen molar-refractivity contribution in [2.75, 3.05) is 11.9 Å². The van der Waals surface area contributed by atoms with Crippen molar-refractivity contribution in [3.8, 4) is 0 Å². The normalized spacial score (nSPS) is 21.1. The smallest absolute Gasteiger partial charge is 0.273 e. The Balaban J connectivity index is 1.26. The fourth-order valence-corrected chi connectivity index (χ4v) is 5.67. The molecule has 3 aliphatic rings. The van der Waals surface area contributed by atoms with Crippen LogP contribution in [0.15, 0.2) is 58.5 Å². The highest BCUT2D eigenvalue weighted by atomic mass is 35.5. The van der Waals surface area contributed by atoms with E-state index in [0.29, 0.717) is 24.6 Å². The van der Waals surface area contributed by atoms with Gasteiger partial charge in [0, 0.05) is 35.0 Å². The largest absolute Gasteiger partial charge is 0.373 e. The Bertz CT molecular complexity index is 1690. The number of aryl methyl sites for hydroxylation is 1. The van der Waals surface area contributed by atoms with Crippen molar-refractivity contribution < 1.29 is 13.9 Å². The second kappa shape index (κ2) is 11.1. The number of fused-ring (bicyclic) bond motifs is 1. The molecule has 2 aliphatic carbocycles. The Labute approximate surface area is 248 Å². The molecule has 2 saturated carbocycles. The summed E-state index contributed by atoms with van der Waals surface area (Å²) in [6.45, 7) is 7.48. The summed E-state index contributed by atoms with van der Waals surface area (Å²) in [5.74, 6) is -0.453. The minimum Gasteiger partial charge on any atom is -0.373 e. The molecule has 1 aromatic carbocycles. The minimum absolute atomic E-state index is 0.0954. The summed E-state index contributed by atoms with van der Waals surface area (Å²) in [5, 5.41) is 7.64. The first-order chi connectivity index (χ1) is 20.2. The number of carbonyl (C=O) groups excluding carboxylic acids is 1. The summed E-state index contributed by atoms with van der Waals surface area (Å²) < 4.78 is 24.6. The molecule has 0 spiro atoms. The number of hydrogen-bond donors (Lipinski definition) is 1. The van der Waals surface area contributed by atoms with E-state index < -0.39 is 11.2 Å². The third-order valence-corrected chi connectivity index (χ3v) is 8.75. The lowest BCUT2D eigenvalue weighted by Crippen LogP contribution is -2.22. The number of aromatic nitrogens is 3. The van der Waals surface area contributed by atoms with Crippen LogP contribution in [0.5, 0.6) is 0 Å². The van der Waals surface area contributed by atoms with Crippen molar-refractivity contribution in [1.29, 1.82) is 0 Å². The molecule has 8 nitrogen and oxygen atoms in total. The first-order valence-electron chi connectivity index (χ1n) is 14.2. The Morgan fingerprint density at radius 1 is 1.29 bits per heavy atom. The van der Waals surface area contributed by atoms with Crippen molar-refractivity contribution in [1.82, 2.24) is 14.3 Å². The number of allylic oxidation sites excluding steroid dienone is 2. The molecule has 218 valence electrons. The molecule has 42 heavy (non-hydrogen) atoms. The number of benzene rings is 1. The third kappa shape index (κ3) is 5.39. The van der Waals surface area contributed by atoms with Crippen LogP contribution >= 0.6 is 11.6 Å². The number of carbonyl (C=O) groups is 1. The number of amides is 1. The lowest BCUT2D eigenvalue weighted by molar-refractivity contribution is -0.120. The fourth-order valence-electron chi connectivity index (χ4n) is 5.38.